The Labute approximate surface area is 124 Å². The molecule has 0 aliphatic heterocycles. The highest BCUT2D eigenvalue weighted by atomic mass is 16.6. The number of rotatable bonds is 6. The molecule has 6 nitrogen and oxygen atoms in total. The molecule has 0 amide bonds. The van der Waals surface area contributed by atoms with Crippen LogP contribution in [0.15, 0.2) is 24.5 Å². The molecule has 21 heavy (non-hydrogen) atoms. The van der Waals surface area contributed by atoms with Crippen molar-refractivity contribution in [1.82, 2.24) is 9.97 Å². The molecule has 0 aliphatic rings. The highest BCUT2D eigenvalue weighted by Gasteiger charge is 2.14. The van der Waals surface area contributed by atoms with Crippen molar-refractivity contribution in [2.75, 3.05) is 14.2 Å². The van der Waals surface area contributed by atoms with E-state index >= 15 is 0 Å². The maximum absolute atomic E-state index is 5.50. The molecule has 2 aromatic rings. The second-order valence-corrected chi connectivity index (χ2v) is 4.19. The van der Waals surface area contributed by atoms with Gasteiger partial charge in [-0.1, -0.05) is 0 Å². The lowest BCUT2D eigenvalue weighted by molar-refractivity contribution is 0.366. The molecule has 1 radical (unpaired) electrons. The fraction of sp³-hybridized carbons (Fsp3) is 0.286. The molecular formula is C14H16BN2O4. The Hall–Kier alpha value is -2.44. The summed E-state index contributed by atoms with van der Waals surface area (Å²) in [5.74, 6) is 2.16. The van der Waals surface area contributed by atoms with E-state index in [9.17, 15) is 0 Å². The van der Waals surface area contributed by atoms with Crippen LogP contribution in [-0.2, 0) is 0 Å². The Morgan fingerprint density at radius 1 is 0.810 bits per heavy atom. The van der Waals surface area contributed by atoms with Crippen molar-refractivity contribution in [2.45, 2.75) is 13.8 Å². The zero-order chi connectivity index (χ0) is 15.2. The number of nitrogens with zero attached hydrogens (tertiary/aromatic N) is 2. The van der Waals surface area contributed by atoms with Gasteiger partial charge >= 0.3 is 7.69 Å². The normalized spacial score (nSPS) is 9.90. The van der Waals surface area contributed by atoms with Crippen LogP contribution in [0.2, 0.25) is 0 Å². The maximum Gasteiger partial charge on any atom is 0.658 e. The molecule has 0 unspecified atom stereocenters. The lowest BCUT2D eigenvalue weighted by Gasteiger charge is -2.14. The zero-order valence-corrected chi connectivity index (χ0v) is 12.4. The minimum absolute atomic E-state index is 0.500. The topological polar surface area (TPSA) is 62.7 Å². The Kier molecular flexibility index (Phi) is 4.87. The Morgan fingerprint density at radius 2 is 1.24 bits per heavy atom. The first kappa shape index (κ1) is 15.0. The smallest absolute Gasteiger partial charge is 0.522 e. The van der Waals surface area contributed by atoms with Gasteiger partial charge in [-0.25, -0.2) is 0 Å². The first-order valence-electron chi connectivity index (χ1n) is 6.31. The van der Waals surface area contributed by atoms with Crippen LogP contribution in [0.3, 0.4) is 0 Å². The summed E-state index contributed by atoms with van der Waals surface area (Å²) in [7, 11) is 4.34. The minimum atomic E-state index is 0.500. The highest BCUT2D eigenvalue weighted by molar-refractivity contribution is 6.21. The SMILES string of the molecule is COc1ccnc(C)c1O[B]Oc1c(OC)ccnc1C. The molecule has 2 aromatic heterocycles. The lowest BCUT2D eigenvalue weighted by Crippen LogP contribution is -2.14. The summed E-state index contributed by atoms with van der Waals surface area (Å²) < 4.78 is 21.4. The number of hydrogen-bond donors (Lipinski definition) is 0. The van der Waals surface area contributed by atoms with E-state index in [1.165, 1.54) is 7.69 Å². The number of hydrogen-bond acceptors (Lipinski definition) is 6. The van der Waals surface area contributed by atoms with E-state index < -0.39 is 0 Å². The van der Waals surface area contributed by atoms with Crippen LogP contribution in [0, 0.1) is 13.8 Å². The van der Waals surface area contributed by atoms with Crippen molar-refractivity contribution in [3.63, 3.8) is 0 Å². The van der Waals surface area contributed by atoms with Gasteiger partial charge in [0.15, 0.2) is 23.0 Å². The van der Waals surface area contributed by atoms with Crippen LogP contribution in [-0.4, -0.2) is 31.9 Å². The molecule has 0 saturated carbocycles. The molecule has 0 N–H and O–H groups in total. The molecule has 0 aliphatic carbocycles. The monoisotopic (exact) mass is 287 g/mol. The molecule has 0 bridgehead atoms. The lowest BCUT2D eigenvalue weighted by atomic mass is 10.2. The second kappa shape index (κ2) is 6.83. The Balaban J connectivity index is 2.09. The fourth-order valence-corrected chi connectivity index (χ4v) is 1.79. The minimum Gasteiger partial charge on any atom is -0.522 e. The standard InChI is InChI=1S/C14H16BN2O4/c1-9-13(11(18-3)5-7-16-9)20-15-21-14-10(2)17-8-6-12(14)19-4/h5-8H,1-4H3. The van der Waals surface area contributed by atoms with Crippen molar-refractivity contribution < 1.29 is 18.8 Å². The third-order valence-corrected chi connectivity index (χ3v) is 2.86. The molecule has 7 heteroatoms. The second-order valence-electron chi connectivity index (χ2n) is 4.19. The molecule has 0 fully saturated rings. The summed E-state index contributed by atoms with van der Waals surface area (Å²) >= 11 is 0. The summed E-state index contributed by atoms with van der Waals surface area (Å²) in [5, 5.41) is 0. The maximum atomic E-state index is 5.50. The van der Waals surface area contributed by atoms with Crippen molar-refractivity contribution in [3.8, 4) is 23.0 Å². The molecule has 2 heterocycles. The molecule has 0 spiro atoms. The van der Waals surface area contributed by atoms with Crippen molar-refractivity contribution in [1.29, 1.82) is 0 Å². The first-order valence-corrected chi connectivity index (χ1v) is 6.31. The number of aryl methyl sites for hydroxylation is 2. The van der Waals surface area contributed by atoms with E-state index in [2.05, 4.69) is 9.97 Å². The summed E-state index contributed by atoms with van der Waals surface area (Å²) in [5.41, 5.74) is 1.40. The average Bonchev–Trinajstić information content (AvgIpc) is 2.50. The van der Waals surface area contributed by atoms with Crippen LogP contribution in [0.5, 0.6) is 23.0 Å². The van der Waals surface area contributed by atoms with Crippen molar-refractivity contribution >= 4 is 7.69 Å². The Bertz CT molecular complexity index is 568. The van der Waals surface area contributed by atoms with Gasteiger partial charge in [0.2, 0.25) is 0 Å². The van der Waals surface area contributed by atoms with E-state index in [0.717, 1.165) is 0 Å². The largest absolute Gasteiger partial charge is 0.658 e. The number of ether oxygens (including phenoxy) is 2. The third kappa shape index (κ3) is 3.36. The van der Waals surface area contributed by atoms with Gasteiger partial charge in [-0.3, -0.25) is 9.97 Å². The third-order valence-electron chi connectivity index (χ3n) is 2.86. The van der Waals surface area contributed by atoms with Crippen LogP contribution < -0.4 is 18.8 Å². The van der Waals surface area contributed by atoms with Gasteiger partial charge in [0.1, 0.15) is 0 Å². The van der Waals surface area contributed by atoms with E-state index in [0.29, 0.717) is 34.4 Å². The van der Waals surface area contributed by atoms with E-state index in [1.54, 1.807) is 38.7 Å². The number of methoxy groups -OCH3 is 2. The fourth-order valence-electron chi connectivity index (χ4n) is 1.79. The van der Waals surface area contributed by atoms with Gasteiger partial charge in [0.05, 0.1) is 25.6 Å². The molecule has 0 aromatic carbocycles. The van der Waals surface area contributed by atoms with Gasteiger partial charge in [-0.05, 0) is 13.8 Å². The van der Waals surface area contributed by atoms with E-state index in [1.807, 2.05) is 13.8 Å². The zero-order valence-electron chi connectivity index (χ0n) is 12.4. The summed E-state index contributed by atoms with van der Waals surface area (Å²) in [6, 6.07) is 3.43. The molecule has 2 rings (SSSR count). The number of pyridine rings is 2. The Morgan fingerprint density at radius 3 is 1.62 bits per heavy atom. The average molecular weight is 287 g/mol. The van der Waals surface area contributed by atoms with Gasteiger partial charge in [0.25, 0.3) is 0 Å². The van der Waals surface area contributed by atoms with Gasteiger partial charge in [-0.15, -0.1) is 0 Å². The molecule has 0 atom stereocenters. The van der Waals surface area contributed by atoms with Crippen LogP contribution in [0.1, 0.15) is 11.4 Å². The van der Waals surface area contributed by atoms with Crippen molar-refractivity contribution in [3.05, 3.63) is 35.9 Å². The summed E-state index contributed by atoms with van der Waals surface area (Å²) in [6.45, 7) is 3.64. The van der Waals surface area contributed by atoms with Gasteiger partial charge in [0, 0.05) is 24.5 Å². The van der Waals surface area contributed by atoms with Crippen LogP contribution in [0.4, 0.5) is 0 Å². The van der Waals surface area contributed by atoms with Crippen LogP contribution >= 0.6 is 0 Å². The van der Waals surface area contributed by atoms with Crippen molar-refractivity contribution in [2.24, 2.45) is 0 Å². The first-order chi connectivity index (χ1) is 10.2. The van der Waals surface area contributed by atoms with E-state index in [4.69, 9.17) is 18.8 Å². The summed E-state index contributed by atoms with van der Waals surface area (Å²) in [6.07, 6.45) is 3.30. The molecular weight excluding hydrogens is 271 g/mol. The van der Waals surface area contributed by atoms with E-state index in [-0.39, 0.29) is 0 Å². The van der Waals surface area contributed by atoms with Gasteiger partial charge in [-0.2, -0.15) is 0 Å². The van der Waals surface area contributed by atoms with Crippen LogP contribution in [0.25, 0.3) is 0 Å². The summed E-state index contributed by atoms with van der Waals surface area (Å²) in [4.78, 5) is 8.29. The quantitative estimate of drug-likeness (QED) is 0.758. The molecule has 109 valence electrons. The number of aromatic nitrogens is 2. The molecule has 0 saturated heterocycles. The van der Waals surface area contributed by atoms with Gasteiger partial charge < -0.3 is 18.8 Å². The highest BCUT2D eigenvalue weighted by Crippen LogP contribution is 2.30. The predicted molar refractivity (Wildman–Crippen MR) is 78.1 cm³/mol. The predicted octanol–water partition coefficient (Wildman–Crippen LogP) is 2.10.